The molecule has 0 radical (unpaired) electrons. The molecule has 4 rings (SSSR count). The Morgan fingerprint density at radius 2 is 2.38 bits per heavy atom. The molecule has 1 saturated heterocycles. The molecule has 1 aliphatic rings. The Labute approximate surface area is 142 Å². The van der Waals surface area contributed by atoms with Gasteiger partial charge in [0.15, 0.2) is 0 Å². The van der Waals surface area contributed by atoms with Crippen LogP contribution in [0.4, 0.5) is 0 Å². The van der Waals surface area contributed by atoms with Gasteiger partial charge in [0.2, 0.25) is 17.7 Å². The lowest BCUT2D eigenvalue weighted by atomic mass is 9.98. The third-order valence-corrected chi connectivity index (χ3v) is 4.87. The summed E-state index contributed by atoms with van der Waals surface area (Å²) >= 11 is 1.60. The van der Waals surface area contributed by atoms with Crippen LogP contribution < -0.4 is 0 Å². The fourth-order valence-electron chi connectivity index (χ4n) is 2.94. The summed E-state index contributed by atoms with van der Waals surface area (Å²) < 4.78 is 7.48. The molecule has 3 aromatic heterocycles. The van der Waals surface area contributed by atoms with E-state index in [4.69, 9.17) is 4.42 Å². The van der Waals surface area contributed by atoms with Gasteiger partial charge >= 0.3 is 0 Å². The van der Waals surface area contributed by atoms with Gasteiger partial charge in [0, 0.05) is 36.4 Å². The molecular weight excluding hydrogens is 326 g/mol. The number of aromatic nitrogens is 4. The van der Waals surface area contributed by atoms with Crippen LogP contribution in [0, 0.1) is 0 Å². The lowest BCUT2D eigenvalue weighted by Gasteiger charge is -2.31. The van der Waals surface area contributed by atoms with E-state index in [0.29, 0.717) is 18.3 Å². The van der Waals surface area contributed by atoms with Crippen molar-refractivity contribution < 1.29 is 9.21 Å². The van der Waals surface area contributed by atoms with Crippen LogP contribution in [-0.4, -0.2) is 43.9 Å². The summed E-state index contributed by atoms with van der Waals surface area (Å²) in [5.41, 5.74) is 0.946. The quantitative estimate of drug-likeness (QED) is 0.727. The van der Waals surface area contributed by atoms with Crippen molar-refractivity contribution in [1.82, 2.24) is 24.9 Å². The maximum Gasteiger partial charge on any atom is 0.248 e. The first-order valence-electron chi connectivity index (χ1n) is 7.91. The maximum absolute atomic E-state index is 12.4. The Morgan fingerprint density at radius 1 is 1.42 bits per heavy atom. The predicted molar refractivity (Wildman–Crippen MR) is 88.4 cm³/mol. The van der Waals surface area contributed by atoms with E-state index in [1.54, 1.807) is 28.4 Å². The minimum absolute atomic E-state index is 0.0703. The molecule has 0 N–H and O–H groups in total. The molecule has 1 atom stereocenters. The highest BCUT2D eigenvalue weighted by molar-refractivity contribution is 7.08. The van der Waals surface area contributed by atoms with E-state index < -0.39 is 0 Å². The van der Waals surface area contributed by atoms with E-state index in [1.807, 2.05) is 27.8 Å². The number of carbonyl (C=O) groups is 1. The fourth-order valence-corrected chi connectivity index (χ4v) is 3.57. The molecule has 0 bridgehead atoms. The maximum atomic E-state index is 12.4. The molecule has 8 heteroatoms. The molecule has 1 amide bonds. The van der Waals surface area contributed by atoms with E-state index in [9.17, 15) is 4.79 Å². The average Bonchev–Trinajstić information content (AvgIpc) is 3.36. The lowest BCUT2D eigenvalue weighted by Crippen LogP contribution is -2.41. The highest BCUT2D eigenvalue weighted by Gasteiger charge is 2.28. The molecule has 0 spiro atoms. The van der Waals surface area contributed by atoms with Crippen molar-refractivity contribution >= 4 is 17.2 Å². The topological polar surface area (TPSA) is 77.1 Å². The second kappa shape index (κ2) is 6.56. The Bertz CT molecular complexity index is 796. The summed E-state index contributed by atoms with van der Waals surface area (Å²) in [5, 5.41) is 16.4. The highest BCUT2D eigenvalue weighted by Crippen LogP contribution is 2.29. The lowest BCUT2D eigenvalue weighted by molar-refractivity contribution is -0.133. The Morgan fingerprint density at radius 3 is 3.17 bits per heavy atom. The SMILES string of the molecule is O=C(Cn1cccn1)N1CCCC(c2nnc(-c3ccsc3)o2)C1. The van der Waals surface area contributed by atoms with E-state index in [-0.39, 0.29) is 18.4 Å². The van der Waals surface area contributed by atoms with Gasteiger partial charge in [-0.05, 0) is 30.4 Å². The van der Waals surface area contributed by atoms with E-state index in [2.05, 4.69) is 15.3 Å². The summed E-state index contributed by atoms with van der Waals surface area (Å²) in [6, 6.07) is 3.78. The van der Waals surface area contributed by atoms with E-state index in [0.717, 1.165) is 24.9 Å². The van der Waals surface area contributed by atoms with Gasteiger partial charge < -0.3 is 9.32 Å². The van der Waals surface area contributed by atoms with Crippen LogP contribution in [0.3, 0.4) is 0 Å². The Balaban J connectivity index is 1.44. The van der Waals surface area contributed by atoms with Crippen molar-refractivity contribution in [3.05, 3.63) is 41.2 Å². The van der Waals surface area contributed by atoms with Gasteiger partial charge in [-0.3, -0.25) is 9.48 Å². The molecule has 0 saturated carbocycles. The number of piperidine rings is 1. The zero-order chi connectivity index (χ0) is 16.4. The van der Waals surface area contributed by atoms with E-state index in [1.165, 1.54) is 0 Å². The Hall–Kier alpha value is -2.48. The predicted octanol–water partition coefficient (Wildman–Crippen LogP) is 2.40. The van der Waals surface area contributed by atoms with Crippen LogP contribution in [0.1, 0.15) is 24.7 Å². The van der Waals surface area contributed by atoms with Gasteiger partial charge in [-0.1, -0.05) is 0 Å². The normalized spacial score (nSPS) is 18.0. The number of rotatable bonds is 4. The second-order valence-corrected chi connectivity index (χ2v) is 6.62. The number of thiophene rings is 1. The molecule has 124 valence electrons. The van der Waals surface area contributed by atoms with E-state index >= 15 is 0 Å². The summed E-state index contributed by atoms with van der Waals surface area (Å²) in [7, 11) is 0. The van der Waals surface area contributed by atoms with Gasteiger partial charge in [-0.15, -0.1) is 10.2 Å². The number of hydrogen-bond acceptors (Lipinski definition) is 6. The minimum atomic E-state index is 0.0703. The zero-order valence-corrected chi connectivity index (χ0v) is 13.9. The number of hydrogen-bond donors (Lipinski definition) is 0. The van der Waals surface area contributed by atoms with Crippen molar-refractivity contribution in [3.8, 4) is 11.5 Å². The number of carbonyl (C=O) groups excluding carboxylic acids is 1. The summed E-state index contributed by atoms with van der Waals surface area (Å²) in [4.78, 5) is 14.3. The van der Waals surface area contributed by atoms with Crippen molar-refractivity contribution in [2.45, 2.75) is 25.3 Å². The highest BCUT2D eigenvalue weighted by atomic mass is 32.1. The molecule has 1 aliphatic heterocycles. The fraction of sp³-hybridized carbons (Fsp3) is 0.375. The molecule has 0 aliphatic carbocycles. The molecule has 7 nitrogen and oxygen atoms in total. The first-order chi connectivity index (χ1) is 11.8. The van der Waals surface area contributed by atoms with Gasteiger partial charge in [0.1, 0.15) is 6.54 Å². The molecule has 24 heavy (non-hydrogen) atoms. The summed E-state index contributed by atoms with van der Waals surface area (Å²) in [5.74, 6) is 1.33. The monoisotopic (exact) mass is 343 g/mol. The van der Waals surface area contributed by atoms with Crippen LogP contribution >= 0.6 is 11.3 Å². The first kappa shape index (κ1) is 15.1. The molecule has 1 fully saturated rings. The van der Waals surface area contributed by atoms with Crippen LogP contribution in [0.2, 0.25) is 0 Å². The number of likely N-dealkylation sites (tertiary alicyclic amines) is 1. The van der Waals surface area contributed by atoms with Crippen LogP contribution in [0.5, 0.6) is 0 Å². The minimum Gasteiger partial charge on any atom is -0.420 e. The second-order valence-electron chi connectivity index (χ2n) is 5.84. The summed E-state index contributed by atoms with van der Waals surface area (Å²) in [6.07, 6.45) is 5.36. The number of amides is 1. The van der Waals surface area contributed by atoms with Crippen molar-refractivity contribution in [1.29, 1.82) is 0 Å². The largest absolute Gasteiger partial charge is 0.420 e. The van der Waals surface area contributed by atoms with Gasteiger partial charge in [-0.25, -0.2) is 0 Å². The van der Waals surface area contributed by atoms with Crippen molar-refractivity contribution in [2.24, 2.45) is 0 Å². The zero-order valence-electron chi connectivity index (χ0n) is 13.0. The first-order valence-corrected chi connectivity index (χ1v) is 8.85. The van der Waals surface area contributed by atoms with Gasteiger partial charge in [-0.2, -0.15) is 16.4 Å². The summed E-state index contributed by atoms with van der Waals surface area (Å²) in [6.45, 7) is 1.65. The van der Waals surface area contributed by atoms with Gasteiger partial charge in [0.25, 0.3) is 0 Å². The smallest absolute Gasteiger partial charge is 0.248 e. The average molecular weight is 343 g/mol. The van der Waals surface area contributed by atoms with Crippen LogP contribution in [0.25, 0.3) is 11.5 Å². The molecule has 3 aromatic rings. The van der Waals surface area contributed by atoms with Crippen molar-refractivity contribution in [3.63, 3.8) is 0 Å². The Kier molecular flexibility index (Phi) is 4.12. The van der Waals surface area contributed by atoms with Gasteiger partial charge in [0.05, 0.1) is 5.92 Å². The number of nitrogens with zero attached hydrogens (tertiary/aromatic N) is 5. The molecular formula is C16H17N5O2S. The third kappa shape index (κ3) is 3.09. The molecule has 0 aromatic carbocycles. The standard InChI is InChI=1S/C16H17N5O2S/c22-14(10-21-7-2-5-17-21)20-6-1-3-12(9-20)15-18-19-16(23-15)13-4-8-24-11-13/h2,4-5,7-8,11-12H,1,3,6,9-10H2. The van der Waals surface area contributed by atoms with Crippen LogP contribution in [-0.2, 0) is 11.3 Å². The molecule has 4 heterocycles. The third-order valence-electron chi connectivity index (χ3n) is 4.19. The molecule has 1 unspecified atom stereocenters. The van der Waals surface area contributed by atoms with Crippen LogP contribution in [0.15, 0.2) is 39.7 Å². The van der Waals surface area contributed by atoms with Crippen molar-refractivity contribution in [2.75, 3.05) is 13.1 Å².